The minimum Gasteiger partial charge on any atom is -0.290 e. The molecule has 1 saturated heterocycles. The number of nitrogens with zero attached hydrogens (tertiary/aromatic N) is 6. The standard InChI is InChI=1S/C26H28N6/c1-3-8-21(9-4-1)18-22-13-16-31(17-14-22)25(24-12-7-15-27-19-24)26-28-29-30-32(26)20-23-10-5-2-6-11-23/h1-12,15,19,22,25H,13-14,16-18,20H2/t25-/m0/s1. The van der Waals surface area contributed by atoms with Crippen LogP contribution in [0.1, 0.15) is 41.4 Å². The van der Waals surface area contributed by atoms with Gasteiger partial charge in [0.05, 0.1) is 12.6 Å². The second-order valence-electron chi connectivity index (χ2n) is 8.54. The molecule has 0 amide bonds. The molecule has 1 atom stereocenters. The predicted molar refractivity (Wildman–Crippen MR) is 124 cm³/mol. The molecule has 0 radical (unpaired) electrons. The summed E-state index contributed by atoms with van der Waals surface area (Å²) >= 11 is 0. The Morgan fingerprint density at radius 2 is 1.56 bits per heavy atom. The van der Waals surface area contributed by atoms with Crippen molar-refractivity contribution in [2.24, 2.45) is 5.92 Å². The van der Waals surface area contributed by atoms with E-state index >= 15 is 0 Å². The number of tetrazole rings is 1. The summed E-state index contributed by atoms with van der Waals surface area (Å²) in [4.78, 5) is 6.91. The van der Waals surface area contributed by atoms with E-state index in [4.69, 9.17) is 0 Å². The maximum absolute atomic E-state index is 4.48. The van der Waals surface area contributed by atoms with E-state index in [-0.39, 0.29) is 6.04 Å². The fourth-order valence-corrected chi connectivity index (χ4v) is 4.70. The Kier molecular flexibility index (Phi) is 6.30. The lowest BCUT2D eigenvalue weighted by Crippen LogP contribution is -2.39. The van der Waals surface area contributed by atoms with Crippen LogP contribution in [0, 0.1) is 5.92 Å². The predicted octanol–water partition coefficient (Wildman–Crippen LogP) is 4.16. The Morgan fingerprint density at radius 1 is 0.844 bits per heavy atom. The van der Waals surface area contributed by atoms with Gasteiger partial charge in [-0.1, -0.05) is 66.7 Å². The molecule has 32 heavy (non-hydrogen) atoms. The molecule has 0 spiro atoms. The molecule has 0 saturated carbocycles. The van der Waals surface area contributed by atoms with Crippen molar-refractivity contribution in [3.8, 4) is 0 Å². The molecule has 0 N–H and O–H groups in total. The Labute approximate surface area is 188 Å². The van der Waals surface area contributed by atoms with Gasteiger partial charge >= 0.3 is 0 Å². The Morgan fingerprint density at radius 3 is 2.25 bits per heavy atom. The molecule has 0 bridgehead atoms. The van der Waals surface area contributed by atoms with E-state index in [1.807, 2.05) is 29.2 Å². The number of aromatic nitrogens is 5. The van der Waals surface area contributed by atoms with Crippen LogP contribution in [0.4, 0.5) is 0 Å². The second-order valence-corrected chi connectivity index (χ2v) is 8.54. The largest absolute Gasteiger partial charge is 0.290 e. The minimum atomic E-state index is 0.0000810. The highest BCUT2D eigenvalue weighted by atomic mass is 15.5. The third kappa shape index (κ3) is 4.75. The van der Waals surface area contributed by atoms with Gasteiger partial charge in [-0.05, 0) is 71.5 Å². The quantitative estimate of drug-likeness (QED) is 0.446. The third-order valence-corrected chi connectivity index (χ3v) is 6.36. The van der Waals surface area contributed by atoms with Crippen molar-refractivity contribution in [3.63, 3.8) is 0 Å². The molecule has 2 aromatic heterocycles. The molecule has 0 unspecified atom stereocenters. The number of pyridine rings is 1. The van der Waals surface area contributed by atoms with Gasteiger partial charge in [-0.2, -0.15) is 0 Å². The molecule has 162 valence electrons. The van der Waals surface area contributed by atoms with Gasteiger partial charge in [0.2, 0.25) is 0 Å². The Hall–Kier alpha value is -3.38. The number of piperidine rings is 1. The molecule has 1 fully saturated rings. The molecule has 1 aliphatic rings. The summed E-state index contributed by atoms with van der Waals surface area (Å²) in [6, 6.07) is 25.3. The number of benzene rings is 2. The average molecular weight is 425 g/mol. The fourth-order valence-electron chi connectivity index (χ4n) is 4.70. The van der Waals surface area contributed by atoms with Crippen molar-refractivity contribution >= 4 is 0 Å². The van der Waals surface area contributed by atoms with E-state index < -0.39 is 0 Å². The van der Waals surface area contributed by atoms with Crippen LogP contribution in [0.15, 0.2) is 85.2 Å². The zero-order valence-corrected chi connectivity index (χ0v) is 18.2. The summed E-state index contributed by atoms with van der Waals surface area (Å²) < 4.78 is 1.93. The van der Waals surface area contributed by atoms with E-state index in [0.717, 1.165) is 30.9 Å². The zero-order chi connectivity index (χ0) is 21.6. The van der Waals surface area contributed by atoms with Gasteiger partial charge in [-0.25, -0.2) is 4.68 Å². The molecule has 6 heteroatoms. The molecule has 4 aromatic rings. The lowest BCUT2D eigenvalue weighted by atomic mass is 9.89. The van der Waals surface area contributed by atoms with Crippen LogP contribution in [0.5, 0.6) is 0 Å². The highest BCUT2D eigenvalue weighted by molar-refractivity contribution is 5.23. The number of hydrogen-bond acceptors (Lipinski definition) is 5. The summed E-state index contributed by atoms with van der Waals surface area (Å²) in [5.74, 6) is 1.59. The Bertz CT molecular complexity index is 1090. The van der Waals surface area contributed by atoms with Gasteiger partial charge in [0.1, 0.15) is 0 Å². The van der Waals surface area contributed by atoms with Crippen molar-refractivity contribution in [1.82, 2.24) is 30.1 Å². The van der Waals surface area contributed by atoms with Crippen LogP contribution in [0.2, 0.25) is 0 Å². The van der Waals surface area contributed by atoms with Gasteiger partial charge in [0, 0.05) is 12.4 Å². The summed E-state index contributed by atoms with van der Waals surface area (Å²) in [5, 5.41) is 12.9. The maximum Gasteiger partial charge on any atom is 0.173 e. The van der Waals surface area contributed by atoms with Crippen molar-refractivity contribution in [2.75, 3.05) is 13.1 Å². The lowest BCUT2D eigenvalue weighted by molar-refractivity contribution is 0.143. The topological polar surface area (TPSA) is 59.7 Å². The molecular formula is C26H28N6. The summed E-state index contributed by atoms with van der Waals surface area (Å²) in [7, 11) is 0. The summed E-state index contributed by atoms with van der Waals surface area (Å²) in [5.41, 5.74) is 3.76. The first-order chi connectivity index (χ1) is 15.9. The van der Waals surface area contributed by atoms with E-state index in [1.54, 1.807) is 0 Å². The lowest BCUT2D eigenvalue weighted by Gasteiger charge is -2.37. The van der Waals surface area contributed by atoms with E-state index in [1.165, 1.54) is 24.0 Å². The maximum atomic E-state index is 4.48. The van der Waals surface area contributed by atoms with Crippen molar-refractivity contribution < 1.29 is 0 Å². The Balaban J connectivity index is 1.36. The van der Waals surface area contributed by atoms with E-state index in [0.29, 0.717) is 12.5 Å². The van der Waals surface area contributed by atoms with Crippen molar-refractivity contribution in [1.29, 1.82) is 0 Å². The summed E-state index contributed by atoms with van der Waals surface area (Å²) in [6.45, 7) is 2.70. The first kappa shape index (κ1) is 20.5. The molecule has 6 nitrogen and oxygen atoms in total. The molecule has 5 rings (SSSR count). The second kappa shape index (κ2) is 9.83. The van der Waals surface area contributed by atoms with Gasteiger partial charge in [-0.3, -0.25) is 9.88 Å². The van der Waals surface area contributed by atoms with Gasteiger partial charge < -0.3 is 0 Å². The number of rotatable bonds is 7. The number of hydrogen-bond donors (Lipinski definition) is 0. The average Bonchev–Trinajstić information content (AvgIpc) is 3.30. The third-order valence-electron chi connectivity index (χ3n) is 6.36. The van der Waals surface area contributed by atoms with Crippen molar-refractivity contribution in [2.45, 2.75) is 31.8 Å². The van der Waals surface area contributed by atoms with Gasteiger partial charge in [-0.15, -0.1) is 5.10 Å². The van der Waals surface area contributed by atoms with Crippen LogP contribution in [-0.4, -0.2) is 43.2 Å². The number of likely N-dealkylation sites (tertiary alicyclic amines) is 1. The first-order valence-electron chi connectivity index (χ1n) is 11.3. The van der Waals surface area contributed by atoms with Crippen LogP contribution >= 0.6 is 0 Å². The highest BCUT2D eigenvalue weighted by Crippen LogP contribution is 2.32. The van der Waals surface area contributed by atoms with Crippen LogP contribution in [0.25, 0.3) is 0 Å². The van der Waals surface area contributed by atoms with Crippen molar-refractivity contribution in [3.05, 3.63) is 108 Å². The first-order valence-corrected chi connectivity index (χ1v) is 11.3. The van der Waals surface area contributed by atoms with E-state index in [9.17, 15) is 0 Å². The molecular weight excluding hydrogens is 396 g/mol. The van der Waals surface area contributed by atoms with Gasteiger partial charge in [0.25, 0.3) is 0 Å². The van der Waals surface area contributed by atoms with Crippen LogP contribution in [0.3, 0.4) is 0 Å². The van der Waals surface area contributed by atoms with Gasteiger partial charge in [0.15, 0.2) is 5.82 Å². The normalized spacial score (nSPS) is 16.1. The molecule has 2 aromatic carbocycles. The molecule has 0 aliphatic carbocycles. The SMILES string of the molecule is c1ccc(CC2CCN([C@@H](c3cccnc3)c3nnnn3Cc3ccccc3)CC2)cc1. The van der Waals surface area contributed by atoms with Crippen LogP contribution in [-0.2, 0) is 13.0 Å². The molecule has 3 heterocycles. The zero-order valence-electron chi connectivity index (χ0n) is 18.2. The summed E-state index contributed by atoms with van der Waals surface area (Å²) in [6.07, 6.45) is 7.26. The fraction of sp³-hybridized carbons (Fsp3) is 0.308. The monoisotopic (exact) mass is 424 g/mol. The van der Waals surface area contributed by atoms with E-state index in [2.05, 4.69) is 86.1 Å². The van der Waals surface area contributed by atoms with Crippen LogP contribution < -0.4 is 0 Å². The molecule has 1 aliphatic heterocycles. The smallest absolute Gasteiger partial charge is 0.173 e. The minimum absolute atomic E-state index is 0.0000810. The highest BCUT2D eigenvalue weighted by Gasteiger charge is 2.31.